The number of nitrogens with zero attached hydrogens (tertiary/aromatic N) is 1. The lowest BCUT2D eigenvalue weighted by Gasteiger charge is -2.27. The smallest absolute Gasteiger partial charge is 0.336 e. The van der Waals surface area contributed by atoms with Crippen molar-refractivity contribution in [3.05, 3.63) is 107 Å². The third-order valence-electron chi connectivity index (χ3n) is 5.56. The SMILES string of the molecule is CCCOc1cccc(C2C(C#N)=C(N)Oc3cc(OC(=O)/C=C/c4ccc(C)cc4)ccc32)c1. The number of nitriles is 1. The van der Waals surface area contributed by atoms with E-state index in [1.165, 1.54) is 6.08 Å². The Morgan fingerprint density at radius 2 is 1.91 bits per heavy atom. The first kappa shape index (κ1) is 23.7. The molecule has 0 aliphatic carbocycles. The Hall–Kier alpha value is -4.50. The van der Waals surface area contributed by atoms with Gasteiger partial charge in [-0.2, -0.15) is 5.26 Å². The number of hydrogen-bond donors (Lipinski definition) is 1. The maximum Gasteiger partial charge on any atom is 0.336 e. The molecule has 1 heterocycles. The summed E-state index contributed by atoms with van der Waals surface area (Å²) in [7, 11) is 0. The van der Waals surface area contributed by atoms with Gasteiger partial charge in [0.05, 0.1) is 12.5 Å². The Morgan fingerprint density at radius 3 is 2.66 bits per heavy atom. The summed E-state index contributed by atoms with van der Waals surface area (Å²) in [5.74, 6) is 0.542. The Bertz CT molecular complexity index is 1330. The van der Waals surface area contributed by atoms with E-state index in [1.807, 2.05) is 62.4 Å². The van der Waals surface area contributed by atoms with Crippen molar-refractivity contribution in [3.63, 3.8) is 0 Å². The molecule has 1 unspecified atom stereocenters. The summed E-state index contributed by atoms with van der Waals surface area (Å²) in [6, 6.07) is 22.7. The fraction of sp³-hybridized carbons (Fsp3) is 0.172. The average Bonchev–Trinajstić information content (AvgIpc) is 2.86. The van der Waals surface area contributed by atoms with Crippen molar-refractivity contribution >= 4 is 12.0 Å². The second-order valence-electron chi connectivity index (χ2n) is 8.21. The van der Waals surface area contributed by atoms with Crippen molar-refractivity contribution in [2.75, 3.05) is 6.61 Å². The first-order chi connectivity index (χ1) is 17.0. The van der Waals surface area contributed by atoms with Crippen LogP contribution in [0.3, 0.4) is 0 Å². The molecule has 3 aromatic rings. The number of carbonyl (C=O) groups excluding carboxylic acids is 1. The second-order valence-corrected chi connectivity index (χ2v) is 8.21. The molecular formula is C29H26N2O4. The molecule has 1 aliphatic heterocycles. The Balaban J connectivity index is 1.59. The minimum Gasteiger partial charge on any atom is -0.494 e. The zero-order chi connectivity index (χ0) is 24.8. The highest BCUT2D eigenvalue weighted by atomic mass is 16.5. The summed E-state index contributed by atoms with van der Waals surface area (Å²) in [6.45, 7) is 4.64. The summed E-state index contributed by atoms with van der Waals surface area (Å²) in [5.41, 5.74) is 10.1. The molecule has 1 aliphatic rings. The molecule has 0 fully saturated rings. The van der Waals surface area contributed by atoms with Gasteiger partial charge in [-0.05, 0) is 48.7 Å². The van der Waals surface area contributed by atoms with Crippen molar-refractivity contribution in [3.8, 4) is 23.3 Å². The predicted octanol–water partition coefficient (Wildman–Crippen LogP) is 5.62. The molecule has 6 nitrogen and oxygen atoms in total. The Kier molecular flexibility index (Phi) is 7.18. The van der Waals surface area contributed by atoms with Crippen LogP contribution in [0.5, 0.6) is 17.2 Å². The summed E-state index contributed by atoms with van der Waals surface area (Å²) in [5, 5.41) is 9.80. The monoisotopic (exact) mass is 466 g/mol. The molecule has 35 heavy (non-hydrogen) atoms. The van der Waals surface area contributed by atoms with Gasteiger partial charge in [-0.3, -0.25) is 0 Å². The Labute approximate surface area is 204 Å². The van der Waals surface area contributed by atoms with E-state index in [0.29, 0.717) is 23.7 Å². The summed E-state index contributed by atoms with van der Waals surface area (Å²) < 4.78 is 17.0. The highest BCUT2D eigenvalue weighted by molar-refractivity contribution is 5.88. The minimum atomic E-state index is -0.514. The molecule has 0 amide bonds. The van der Waals surface area contributed by atoms with Crippen LogP contribution in [0.2, 0.25) is 0 Å². The number of nitrogens with two attached hydrogens (primary N) is 1. The molecule has 2 N–H and O–H groups in total. The zero-order valence-electron chi connectivity index (χ0n) is 19.7. The second kappa shape index (κ2) is 10.6. The molecule has 0 spiro atoms. The van der Waals surface area contributed by atoms with E-state index in [1.54, 1.807) is 24.3 Å². The number of rotatable bonds is 7. The molecule has 0 saturated heterocycles. The van der Waals surface area contributed by atoms with Gasteiger partial charge in [0.2, 0.25) is 5.88 Å². The van der Waals surface area contributed by atoms with Gasteiger partial charge in [0, 0.05) is 17.7 Å². The summed E-state index contributed by atoms with van der Waals surface area (Å²) >= 11 is 0. The van der Waals surface area contributed by atoms with Crippen LogP contribution < -0.4 is 19.9 Å². The number of aryl methyl sites for hydroxylation is 1. The van der Waals surface area contributed by atoms with Gasteiger partial charge in [-0.1, -0.05) is 55.0 Å². The van der Waals surface area contributed by atoms with Gasteiger partial charge in [-0.25, -0.2) is 4.79 Å². The molecule has 0 saturated carbocycles. The lowest BCUT2D eigenvalue weighted by Crippen LogP contribution is -2.21. The fourth-order valence-corrected chi connectivity index (χ4v) is 3.84. The van der Waals surface area contributed by atoms with Crippen molar-refractivity contribution < 1.29 is 19.0 Å². The molecule has 0 aromatic heterocycles. The van der Waals surface area contributed by atoms with E-state index < -0.39 is 11.9 Å². The normalized spacial score (nSPS) is 14.7. The predicted molar refractivity (Wildman–Crippen MR) is 134 cm³/mol. The minimum absolute atomic E-state index is 0.0209. The van der Waals surface area contributed by atoms with Gasteiger partial charge in [0.1, 0.15) is 28.9 Å². The lowest BCUT2D eigenvalue weighted by atomic mass is 9.83. The Morgan fingerprint density at radius 1 is 1.11 bits per heavy atom. The number of esters is 1. The molecule has 0 radical (unpaired) electrons. The largest absolute Gasteiger partial charge is 0.494 e. The van der Waals surface area contributed by atoms with E-state index in [2.05, 4.69) is 6.07 Å². The number of fused-ring (bicyclic) bond motifs is 1. The first-order valence-electron chi connectivity index (χ1n) is 11.4. The van der Waals surface area contributed by atoms with E-state index in [4.69, 9.17) is 19.9 Å². The number of hydrogen-bond acceptors (Lipinski definition) is 6. The van der Waals surface area contributed by atoms with Gasteiger partial charge in [0.15, 0.2) is 0 Å². The molecule has 3 aromatic carbocycles. The summed E-state index contributed by atoms with van der Waals surface area (Å²) in [4.78, 5) is 12.4. The van der Waals surface area contributed by atoms with Crippen LogP contribution in [-0.4, -0.2) is 12.6 Å². The third kappa shape index (κ3) is 5.53. The van der Waals surface area contributed by atoms with E-state index in [0.717, 1.165) is 34.4 Å². The highest BCUT2D eigenvalue weighted by Crippen LogP contribution is 2.44. The zero-order valence-corrected chi connectivity index (χ0v) is 19.7. The van der Waals surface area contributed by atoms with Gasteiger partial charge < -0.3 is 19.9 Å². The van der Waals surface area contributed by atoms with Gasteiger partial charge in [0.25, 0.3) is 0 Å². The standard InChI is InChI=1S/C29H26N2O4/c1-3-15-33-22-6-4-5-21(16-22)28-24-13-12-23(17-26(24)35-29(31)25(28)18-30)34-27(32)14-11-20-9-7-19(2)8-10-20/h4-14,16-17,28H,3,15,31H2,1-2H3/b14-11+. The number of benzene rings is 3. The van der Waals surface area contributed by atoms with E-state index >= 15 is 0 Å². The molecule has 6 heteroatoms. The van der Waals surface area contributed by atoms with Gasteiger partial charge >= 0.3 is 5.97 Å². The van der Waals surface area contributed by atoms with Crippen molar-refractivity contribution in [2.45, 2.75) is 26.2 Å². The number of carbonyl (C=O) groups is 1. The summed E-state index contributed by atoms with van der Waals surface area (Å²) in [6.07, 6.45) is 3.96. The number of ether oxygens (including phenoxy) is 3. The molecule has 176 valence electrons. The number of allylic oxidation sites excluding steroid dienone is 1. The van der Waals surface area contributed by atoms with Crippen LogP contribution in [0.25, 0.3) is 6.08 Å². The fourth-order valence-electron chi connectivity index (χ4n) is 3.84. The average molecular weight is 467 g/mol. The van der Waals surface area contributed by atoms with Crippen LogP contribution in [0, 0.1) is 18.3 Å². The van der Waals surface area contributed by atoms with Crippen molar-refractivity contribution in [1.82, 2.24) is 0 Å². The first-order valence-corrected chi connectivity index (χ1v) is 11.4. The van der Waals surface area contributed by atoms with Crippen LogP contribution >= 0.6 is 0 Å². The highest BCUT2D eigenvalue weighted by Gasteiger charge is 2.31. The molecular weight excluding hydrogens is 440 g/mol. The lowest BCUT2D eigenvalue weighted by molar-refractivity contribution is -0.128. The van der Waals surface area contributed by atoms with Crippen molar-refractivity contribution in [1.29, 1.82) is 5.26 Å². The van der Waals surface area contributed by atoms with Crippen LogP contribution in [0.4, 0.5) is 0 Å². The van der Waals surface area contributed by atoms with Gasteiger partial charge in [-0.15, -0.1) is 0 Å². The molecule has 0 bridgehead atoms. The quantitative estimate of drug-likeness (QED) is 0.276. The molecule has 1 atom stereocenters. The van der Waals surface area contributed by atoms with E-state index in [-0.39, 0.29) is 5.88 Å². The maximum atomic E-state index is 12.4. The third-order valence-corrected chi connectivity index (χ3v) is 5.56. The van der Waals surface area contributed by atoms with Crippen LogP contribution in [-0.2, 0) is 4.79 Å². The molecule has 4 rings (SSSR count). The van der Waals surface area contributed by atoms with Crippen LogP contribution in [0.1, 0.15) is 41.5 Å². The van der Waals surface area contributed by atoms with E-state index in [9.17, 15) is 10.1 Å². The maximum absolute atomic E-state index is 12.4. The van der Waals surface area contributed by atoms with Crippen molar-refractivity contribution in [2.24, 2.45) is 5.73 Å². The van der Waals surface area contributed by atoms with Crippen LogP contribution in [0.15, 0.2) is 84.3 Å². The topological polar surface area (TPSA) is 94.6 Å².